The minimum absolute atomic E-state index is 0.133. The Kier molecular flexibility index (Phi) is 5.90. The molecule has 0 aliphatic rings. The number of amides is 1. The molecule has 5 rings (SSSR count). The van der Waals surface area contributed by atoms with Gasteiger partial charge >= 0.3 is 0 Å². The summed E-state index contributed by atoms with van der Waals surface area (Å²) in [5.41, 5.74) is 3.20. The number of para-hydroxylation sites is 2. The number of carbonyl (C=O) groups excluding carboxylic acids is 1. The highest BCUT2D eigenvalue weighted by Gasteiger charge is 2.22. The minimum atomic E-state index is -0.436. The maximum atomic E-state index is 13.3. The van der Waals surface area contributed by atoms with Crippen molar-refractivity contribution in [2.75, 3.05) is 5.32 Å². The van der Waals surface area contributed by atoms with Crippen LogP contribution in [0.5, 0.6) is 0 Å². The van der Waals surface area contributed by atoms with Crippen LogP contribution in [-0.2, 0) is 11.2 Å². The first-order valence-corrected chi connectivity index (χ1v) is 12.0. The molecule has 1 atom stereocenters. The van der Waals surface area contributed by atoms with Crippen molar-refractivity contribution >= 4 is 40.0 Å². The van der Waals surface area contributed by atoms with Gasteiger partial charge in [0.1, 0.15) is 0 Å². The number of aromatic nitrogens is 4. The molecule has 1 amide bonds. The zero-order chi connectivity index (χ0) is 23.7. The highest BCUT2D eigenvalue weighted by atomic mass is 32.2. The molecule has 0 spiro atoms. The lowest BCUT2D eigenvalue weighted by Crippen LogP contribution is -2.23. The Hall–Kier alpha value is -3.91. The van der Waals surface area contributed by atoms with Crippen LogP contribution in [0, 0.1) is 0 Å². The Bertz CT molecular complexity index is 1540. The monoisotopic (exact) mass is 469 g/mol. The summed E-state index contributed by atoms with van der Waals surface area (Å²) in [6, 6.07) is 24.6. The number of benzene rings is 3. The van der Waals surface area contributed by atoms with E-state index in [1.165, 1.54) is 17.3 Å². The molecule has 7 nitrogen and oxygen atoms in total. The third kappa shape index (κ3) is 3.97. The minimum Gasteiger partial charge on any atom is -0.325 e. The van der Waals surface area contributed by atoms with Crippen LogP contribution < -0.4 is 10.9 Å². The third-order valence-electron chi connectivity index (χ3n) is 5.69. The fourth-order valence-corrected chi connectivity index (χ4v) is 4.70. The molecular formula is C26H23N5O2S. The molecule has 34 heavy (non-hydrogen) atoms. The number of rotatable bonds is 6. The molecule has 5 aromatic rings. The first-order chi connectivity index (χ1) is 16.6. The van der Waals surface area contributed by atoms with Gasteiger partial charge in [-0.25, -0.2) is 4.57 Å². The largest absolute Gasteiger partial charge is 0.325 e. The zero-order valence-electron chi connectivity index (χ0n) is 18.8. The molecule has 0 unspecified atom stereocenters. The van der Waals surface area contributed by atoms with E-state index in [0.717, 1.165) is 12.1 Å². The lowest BCUT2D eigenvalue weighted by molar-refractivity contribution is -0.115. The summed E-state index contributed by atoms with van der Waals surface area (Å²) in [6.07, 6.45) is 0.947. The summed E-state index contributed by atoms with van der Waals surface area (Å²) in [5, 5.41) is 12.3. The lowest BCUT2D eigenvalue weighted by atomic mass is 10.1. The van der Waals surface area contributed by atoms with Gasteiger partial charge in [-0.05, 0) is 55.3 Å². The molecule has 0 bridgehead atoms. The van der Waals surface area contributed by atoms with Crippen molar-refractivity contribution in [1.29, 1.82) is 0 Å². The first-order valence-electron chi connectivity index (χ1n) is 11.1. The number of hydrogen-bond acceptors (Lipinski definition) is 5. The fourth-order valence-electron chi connectivity index (χ4n) is 3.84. The number of fused-ring (bicyclic) bond motifs is 3. The van der Waals surface area contributed by atoms with Crippen LogP contribution >= 0.6 is 11.8 Å². The summed E-state index contributed by atoms with van der Waals surface area (Å²) in [4.78, 5) is 26.2. The van der Waals surface area contributed by atoms with E-state index in [-0.39, 0.29) is 11.5 Å². The quantitative estimate of drug-likeness (QED) is 0.364. The molecule has 1 N–H and O–H groups in total. The van der Waals surface area contributed by atoms with Gasteiger partial charge in [0.2, 0.25) is 11.7 Å². The second kappa shape index (κ2) is 9.15. The van der Waals surface area contributed by atoms with Crippen LogP contribution in [0.4, 0.5) is 5.69 Å². The summed E-state index contributed by atoms with van der Waals surface area (Å²) in [5.74, 6) is 0.270. The highest BCUT2D eigenvalue weighted by molar-refractivity contribution is 8.00. The number of nitrogens with zero attached hydrogens (tertiary/aromatic N) is 4. The lowest BCUT2D eigenvalue weighted by Gasteiger charge is -2.13. The Morgan fingerprint density at radius 1 is 0.971 bits per heavy atom. The van der Waals surface area contributed by atoms with E-state index in [2.05, 4.69) is 22.4 Å². The van der Waals surface area contributed by atoms with Crippen molar-refractivity contribution < 1.29 is 4.79 Å². The van der Waals surface area contributed by atoms with Gasteiger partial charge < -0.3 is 5.32 Å². The summed E-state index contributed by atoms with van der Waals surface area (Å²) in [6.45, 7) is 3.92. The Balaban J connectivity index is 1.53. The molecule has 0 radical (unpaired) electrons. The normalized spacial score (nSPS) is 12.2. The number of thioether (sulfide) groups is 1. The van der Waals surface area contributed by atoms with Crippen LogP contribution in [0.1, 0.15) is 19.4 Å². The predicted molar refractivity (Wildman–Crippen MR) is 136 cm³/mol. The molecule has 0 saturated carbocycles. The molecular weight excluding hydrogens is 446 g/mol. The van der Waals surface area contributed by atoms with E-state index in [1.807, 2.05) is 84.1 Å². The third-order valence-corrected chi connectivity index (χ3v) is 6.73. The van der Waals surface area contributed by atoms with Crippen LogP contribution in [0.3, 0.4) is 0 Å². The van der Waals surface area contributed by atoms with Crippen molar-refractivity contribution in [2.45, 2.75) is 30.7 Å². The first kappa shape index (κ1) is 21.9. The summed E-state index contributed by atoms with van der Waals surface area (Å²) >= 11 is 1.30. The van der Waals surface area contributed by atoms with E-state index in [4.69, 9.17) is 0 Å². The van der Waals surface area contributed by atoms with Gasteiger partial charge in [0.05, 0.1) is 21.8 Å². The van der Waals surface area contributed by atoms with E-state index >= 15 is 0 Å². The van der Waals surface area contributed by atoms with Crippen LogP contribution in [0.25, 0.3) is 22.4 Å². The maximum Gasteiger partial charge on any atom is 0.267 e. The van der Waals surface area contributed by atoms with E-state index < -0.39 is 5.25 Å². The molecule has 8 heteroatoms. The van der Waals surface area contributed by atoms with Crippen molar-refractivity contribution in [3.63, 3.8) is 0 Å². The van der Waals surface area contributed by atoms with Crippen molar-refractivity contribution in [2.24, 2.45) is 0 Å². The van der Waals surface area contributed by atoms with Crippen LogP contribution in [0.2, 0.25) is 0 Å². The van der Waals surface area contributed by atoms with Gasteiger partial charge in [0, 0.05) is 5.69 Å². The van der Waals surface area contributed by atoms with Gasteiger partial charge in [-0.3, -0.25) is 14.0 Å². The van der Waals surface area contributed by atoms with E-state index in [1.54, 1.807) is 10.6 Å². The number of anilines is 1. The second-order valence-electron chi connectivity index (χ2n) is 7.91. The van der Waals surface area contributed by atoms with E-state index in [9.17, 15) is 9.59 Å². The zero-order valence-corrected chi connectivity index (χ0v) is 19.6. The molecule has 0 aliphatic carbocycles. The average Bonchev–Trinajstić information content (AvgIpc) is 3.28. The van der Waals surface area contributed by atoms with Gasteiger partial charge in [0.25, 0.3) is 5.56 Å². The fraction of sp³-hybridized carbons (Fsp3) is 0.154. The number of aryl methyl sites for hydroxylation is 1. The summed E-state index contributed by atoms with van der Waals surface area (Å²) in [7, 11) is 0. The number of hydrogen-bond donors (Lipinski definition) is 1. The van der Waals surface area contributed by atoms with Crippen LogP contribution in [-0.4, -0.2) is 30.3 Å². The highest BCUT2D eigenvalue weighted by Crippen LogP contribution is 2.27. The van der Waals surface area contributed by atoms with Gasteiger partial charge in [-0.15, -0.1) is 10.2 Å². The van der Waals surface area contributed by atoms with Crippen molar-refractivity contribution in [1.82, 2.24) is 19.2 Å². The Morgan fingerprint density at radius 2 is 1.68 bits per heavy atom. The predicted octanol–water partition coefficient (Wildman–Crippen LogP) is 4.72. The molecule has 2 heterocycles. The molecule has 2 aromatic heterocycles. The Morgan fingerprint density at radius 3 is 2.41 bits per heavy atom. The smallest absolute Gasteiger partial charge is 0.267 e. The Labute approximate surface area is 200 Å². The van der Waals surface area contributed by atoms with Crippen molar-refractivity contribution in [3.05, 3.63) is 94.8 Å². The molecule has 170 valence electrons. The summed E-state index contributed by atoms with van der Waals surface area (Å²) < 4.78 is 3.40. The van der Waals surface area contributed by atoms with E-state index in [0.29, 0.717) is 27.5 Å². The number of carbonyl (C=O) groups is 1. The molecule has 3 aromatic carbocycles. The second-order valence-corrected chi connectivity index (χ2v) is 9.22. The van der Waals surface area contributed by atoms with Crippen LogP contribution in [0.15, 0.2) is 88.8 Å². The topological polar surface area (TPSA) is 81.3 Å². The van der Waals surface area contributed by atoms with Gasteiger partial charge in [-0.2, -0.15) is 0 Å². The van der Waals surface area contributed by atoms with Gasteiger partial charge in [-0.1, -0.05) is 61.2 Å². The molecule has 0 fully saturated rings. The SMILES string of the molecule is CCc1ccc(NC(=O)[C@@H](C)Sc2nnc3n(-c4ccccc4)c(=O)c4ccccc4n23)cc1. The number of nitrogens with one attached hydrogen (secondary N) is 1. The standard InChI is InChI=1S/C26H23N5O2S/c1-3-18-13-15-19(16-14-18)27-23(32)17(2)34-26-29-28-25-30(20-9-5-4-6-10-20)24(33)21-11-7-8-12-22(21)31(25)26/h4-17H,3H2,1-2H3,(H,27,32)/t17-/m1/s1. The average molecular weight is 470 g/mol. The molecule has 0 aliphatic heterocycles. The van der Waals surface area contributed by atoms with Gasteiger partial charge in [0.15, 0.2) is 5.16 Å². The molecule has 0 saturated heterocycles. The maximum absolute atomic E-state index is 13.3. The van der Waals surface area contributed by atoms with Crippen molar-refractivity contribution in [3.8, 4) is 5.69 Å².